The number of hydrogen-bond donors (Lipinski definition) is 0. The SMILES string of the molecule is CCCCCC(CCCC)CCOC(=O)CCCCCCCCCC(CCCCCCCCCC(=O)OCCC(CCCC)CCCC)OC(=O)CCCN1CCOCC1. The molecule has 2 atom stereocenters. The summed E-state index contributed by atoms with van der Waals surface area (Å²) in [5, 5.41) is 0. The van der Waals surface area contributed by atoms with Crippen LogP contribution in [0.25, 0.3) is 0 Å². The first-order valence-corrected chi connectivity index (χ1v) is 26.2. The second kappa shape index (κ2) is 42.6. The highest BCUT2D eigenvalue weighted by atomic mass is 16.5. The Morgan fingerprint density at radius 1 is 0.433 bits per heavy atom. The normalized spacial score (nSPS) is 14.3. The molecule has 1 aliphatic heterocycles. The van der Waals surface area contributed by atoms with Crippen LogP contribution in [-0.4, -0.2) is 75.0 Å². The number of nitrogens with zero attached hydrogens (tertiary/aromatic N) is 1. The molecule has 0 radical (unpaired) electrons. The average Bonchev–Trinajstić information content (AvgIpc) is 3.25. The fraction of sp³-hybridized carbons (Fsp3) is 0.942. The molecular weight excluding hydrogens is 751 g/mol. The van der Waals surface area contributed by atoms with Gasteiger partial charge in [0.2, 0.25) is 0 Å². The summed E-state index contributed by atoms with van der Waals surface area (Å²) in [6.07, 6.45) is 38.5. The van der Waals surface area contributed by atoms with Gasteiger partial charge in [0.05, 0.1) is 26.4 Å². The van der Waals surface area contributed by atoms with Crippen LogP contribution >= 0.6 is 0 Å². The molecule has 0 aromatic carbocycles. The standard InChI is InChI=1S/C52H99NO7/c1-5-9-23-32-48(31-12-8-4)39-44-59-51(55)36-27-22-18-14-16-20-25-34-49(60-52(56)37-28-40-53-41-45-57-46-42-53)33-24-19-15-13-17-21-26-35-50(54)58-43-38-47(29-10-6-2)30-11-7-3/h47-49H,5-46H2,1-4H3. The van der Waals surface area contributed by atoms with Gasteiger partial charge in [0.1, 0.15) is 6.10 Å². The number of morpholine rings is 1. The molecule has 0 aromatic rings. The summed E-state index contributed by atoms with van der Waals surface area (Å²) in [4.78, 5) is 39.9. The maximum atomic E-state index is 12.9. The van der Waals surface area contributed by atoms with Crippen molar-refractivity contribution >= 4 is 17.9 Å². The smallest absolute Gasteiger partial charge is 0.306 e. The van der Waals surface area contributed by atoms with Gasteiger partial charge in [-0.15, -0.1) is 0 Å². The molecule has 8 nitrogen and oxygen atoms in total. The van der Waals surface area contributed by atoms with E-state index in [1.807, 2.05) is 0 Å². The highest BCUT2D eigenvalue weighted by Gasteiger charge is 2.17. The summed E-state index contributed by atoms with van der Waals surface area (Å²) in [5.41, 5.74) is 0. The van der Waals surface area contributed by atoms with Crippen LogP contribution < -0.4 is 0 Å². The molecule has 1 saturated heterocycles. The van der Waals surface area contributed by atoms with Crippen molar-refractivity contribution in [3.63, 3.8) is 0 Å². The minimum atomic E-state index is -0.0404. The fourth-order valence-corrected chi connectivity index (χ4v) is 8.68. The minimum absolute atomic E-state index is 0.0183. The Kier molecular flexibility index (Phi) is 40.0. The van der Waals surface area contributed by atoms with Gasteiger partial charge in [-0.1, -0.05) is 175 Å². The summed E-state index contributed by atoms with van der Waals surface area (Å²) in [5.74, 6) is 1.32. The van der Waals surface area contributed by atoms with Crippen molar-refractivity contribution in [2.75, 3.05) is 46.1 Å². The van der Waals surface area contributed by atoms with Gasteiger partial charge < -0.3 is 18.9 Å². The Balaban J connectivity index is 2.24. The number of unbranched alkanes of at least 4 members (excludes halogenated alkanes) is 17. The maximum absolute atomic E-state index is 12.9. The summed E-state index contributed by atoms with van der Waals surface area (Å²) in [6, 6.07) is 0. The van der Waals surface area contributed by atoms with Crippen LogP contribution in [0.5, 0.6) is 0 Å². The van der Waals surface area contributed by atoms with Crippen LogP contribution in [0.4, 0.5) is 0 Å². The molecule has 1 rings (SSSR count). The molecule has 2 unspecified atom stereocenters. The van der Waals surface area contributed by atoms with Gasteiger partial charge in [-0.25, -0.2) is 0 Å². The monoisotopic (exact) mass is 850 g/mol. The van der Waals surface area contributed by atoms with Crippen molar-refractivity contribution in [2.24, 2.45) is 11.8 Å². The number of esters is 3. The van der Waals surface area contributed by atoms with E-state index in [0.29, 0.717) is 44.3 Å². The molecule has 0 bridgehead atoms. The summed E-state index contributed by atoms with van der Waals surface area (Å²) < 4.78 is 22.8. The third-order valence-electron chi connectivity index (χ3n) is 12.8. The summed E-state index contributed by atoms with van der Waals surface area (Å²) >= 11 is 0. The average molecular weight is 850 g/mol. The molecule has 0 aromatic heterocycles. The zero-order chi connectivity index (χ0) is 43.6. The lowest BCUT2D eigenvalue weighted by atomic mass is 9.93. The Morgan fingerprint density at radius 2 is 0.817 bits per heavy atom. The molecular formula is C52H99NO7. The quantitative estimate of drug-likeness (QED) is 0.0340. The third kappa shape index (κ3) is 35.9. The highest BCUT2D eigenvalue weighted by molar-refractivity contribution is 5.70. The van der Waals surface area contributed by atoms with E-state index in [-0.39, 0.29) is 24.0 Å². The van der Waals surface area contributed by atoms with Gasteiger partial charge in [-0.2, -0.15) is 0 Å². The van der Waals surface area contributed by atoms with Crippen LogP contribution in [0.1, 0.15) is 252 Å². The second-order valence-electron chi connectivity index (χ2n) is 18.4. The Morgan fingerprint density at radius 3 is 1.27 bits per heavy atom. The Labute approximate surface area is 371 Å². The van der Waals surface area contributed by atoms with E-state index in [0.717, 1.165) is 129 Å². The second-order valence-corrected chi connectivity index (χ2v) is 18.4. The van der Waals surface area contributed by atoms with E-state index in [4.69, 9.17) is 18.9 Å². The first-order chi connectivity index (χ1) is 29.4. The van der Waals surface area contributed by atoms with Gasteiger partial charge in [0, 0.05) is 32.4 Å². The lowest BCUT2D eigenvalue weighted by Crippen LogP contribution is -2.37. The topological polar surface area (TPSA) is 91.4 Å². The molecule has 0 saturated carbocycles. The Hall–Kier alpha value is -1.67. The minimum Gasteiger partial charge on any atom is -0.466 e. The number of rotatable bonds is 44. The van der Waals surface area contributed by atoms with E-state index in [2.05, 4.69) is 32.6 Å². The zero-order valence-corrected chi connectivity index (χ0v) is 40.2. The van der Waals surface area contributed by atoms with Crippen molar-refractivity contribution in [3.8, 4) is 0 Å². The zero-order valence-electron chi connectivity index (χ0n) is 40.2. The number of hydrogen-bond acceptors (Lipinski definition) is 8. The van der Waals surface area contributed by atoms with E-state index in [9.17, 15) is 14.4 Å². The lowest BCUT2D eigenvalue weighted by Gasteiger charge is -2.26. The predicted octanol–water partition coefficient (Wildman–Crippen LogP) is 14.3. The van der Waals surface area contributed by atoms with Gasteiger partial charge >= 0.3 is 17.9 Å². The van der Waals surface area contributed by atoms with Gasteiger partial charge in [-0.05, 0) is 76.2 Å². The van der Waals surface area contributed by atoms with Gasteiger partial charge in [0.15, 0.2) is 0 Å². The van der Waals surface area contributed by atoms with E-state index >= 15 is 0 Å². The molecule has 60 heavy (non-hydrogen) atoms. The van der Waals surface area contributed by atoms with E-state index in [1.165, 1.54) is 109 Å². The Bertz CT molecular complexity index is 962. The molecule has 8 heteroatoms. The first-order valence-electron chi connectivity index (χ1n) is 26.2. The lowest BCUT2D eigenvalue weighted by molar-refractivity contribution is -0.150. The van der Waals surface area contributed by atoms with Crippen LogP contribution in [0, 0.1) is 11.8 Å². The third-order valence-corrected chi connectivity index (χ3v) is 12.8. The van der Waals surface area contributed by atoms with E-state index < -0.39 is 0 Å². The summed E-state index contributed by atoms with van der Waals surface area (Å²) in [6.45, 7) is 14.6. The molecule has 0 spiro atoms. The molecule has 1 fully saturated rings. The van der Waals surface area contributed by atoms with Gasteiger partial charge in [0.25, 0.3) is 0 Å². The molecule has 1 aliphatic rings. The first kappa shape index (κ1) is 56.3. The molecule has 0 amide bonds. The number of carbonyl (C=O) groups excluding carboxylic acids is 3. The molecule has 354 valence electrons. The van der Waals surface area contributed by atoms with Crippen molar-refractivity contribution in [1.29, 1.82) is 0 Å². The highest BCUT2D eigenvalue weighted by Crippen LogP contribution is 2.23. The largest absolute Gasteiger partial charge is 0.466 e. The molecule has 0 N–H and O–H groups in total. The van der Waals surface area contributed by atoms with Crippen molar-refractivity contribution in [1.82, 2.24) is 4.90 Å². The molecule has 0 aliphatic carbocycles. The fourth-order valence-electron chi connectivity index (χ4n) is 8.68. The van der Waals surface area contributed by atoms with E-state index in [1.54, 1.807) is 0 Å². The van der Waals surface area contributed by atoms with Crippen LogP contribution in [0.3, 0.4) is 0 Å². The van der Waals surface area contributed by atoms with Crippen LogP contribution in [0.2, 0.25) is 0 Å². The van der Waals surface area contributed by atoms with Crippen molar-refractivity contribution < 1.29 is 33.3 Å². The van der Waals surface area contributed by atoms with Crippen molar-refractivity contribution in [3.05, 3.63) is 0 Å². The number of ether oxygens (including phenoxy) is 4. The van der Waals surface area contributed by atoms with Crippen LogP contribution in [0.15, 0.2) is 0 Å². The predicted molar refractivity (Wildman–Crippen MR) is 250 cm³/mol. The molecule has 1 heterocycles. The van der Waals surface area contributed by atoms with Crippen LogP contribution in [-0.2, 0) is 33.3 Å². The van der Waals surface area contributed by atoms with Crippen molar-refractivity contribution in [2.45, 2.75) is 259 Å². The van der Waals surface area contributed by atoms with Gasteiger partial charge in [-0.3, -0.25) is 19.3 Å². The summed E-state index contributed by atoms with van der Waals surface area (Å²) in [7, 11) is 0. The number of carbonyl (C=O) groups is 3. The maximum Gasteiger partial charge on any atom is 0.306 e.